The number of carbonyl (C=O) groups excluding carboxylic acids is 1. The number of amides is 1. The third-order valence-electron chi connectivity index (χ3n) is 3.62. The van der Waals surface area contributed by atoms with Crippen molar-refractivity contribution in [3.05, 3.63) is 0 Å². The average Bonchev–Trinajstić information content (AvgIpc) is 2.34. The van der Waals surface area contributed by atoms with Crippen LogP contribution in [0.5, 0.6) is 0 Å². The van der Waals surface area contributed by atoms with E-state index in [1.54, 1.807) is 11.8 Å². The van der Waals surface area contributed by atoms with Gasteiger partial charge in [-0.05, 0) is 43.8 Å². The van der Waals surface area contributed by atoms with Crippen molar-refractivity contribution < 1.29 is 4.79 Å². The van der Waals surface area contributed by atoms with Crippen LogP contribution in [0.25, 0.3) is 0 Å². The lowest BCUT2D eigenvalue weighted by molar-refractivity contribution is -0.130. The van der Waals surface area contributed by atoms with Crippen LogP contribution < -0.4 is 5.73 Å². The Morgan fingerprint density at radius 2 is 2.17 bits per heavy atom. The van der Waals surface area contributed by atoms with Crippen LogP contribution >= 0.6 is 11.8 Å². The van der Waals surface area contributed by atoms with Crippen LogP contribution in [0, 0.1) is 11.8 Å². The highest BCUT2D eigenvalue weighted by Gasteiger charge is 2.25. The molecular weight excluding hydrogens is 244 g/mol. The Bertz CT molecular complexity index is 256. The Balaban J connectivity index is 2.24. The van der Waals surface area contributed by atoms with Crippen LogP contribution in [0.2, 0.25) is 0 Å². The third kappa shape index (κ3) is 5.61. The van der Waals surface area contributed by atoms with Crippen LogP contribution in [0.3, 0.4) is 0 Å². The van der Waals surface area contributed by atoms with Gasteiger partial charge in [-0.1, -0.05) is 13.8 Å². The lowest BCUT2D eigenvalue weighted by Gasteiger charge is -2.34. The number of nitrogens with two attached hydrogens (primary N) is 1. The predicted octanol–water partition coefficient (Wildman–Crippen LogP) is 2.35. The number of thioether (sulfide) groups is 1. The molecule has 106 valence electrons. The maximum absolute atomic E-state index is 12.1. The van der Waals surface area contributed by atoms with Crippen molar-refractivity contribution in [3.8, 4) is 0 Å². The van der Waals surface area contributed by atoms with Gasteiger partial charge in [0.15, 0.2) is 0 Å². The predicted molar refractivity (Wildman–Crippen MR) is 79.7 cm³/mol. The first-order chi connectivity index (χ1) is 8.50. The minimum Gasteiger partial charge on any atom is -0.342 e. The van der Waals surface area contributed by atoms with E-state index in [0.717, 1.165) is 31.2 Å². The molecule has 0 bridgehead atoms. The summed E-state index contributed by atoms with van der Waals surface area (Å²) in [4.78, 5) is 14.1. The molecule has 3 nitrogen and oxygen atoms in total. The largest absolute Gasteiger partial charge is 0.342 e. The third-order valence-corrected chi connectivity index (χ3v) is 4.59. The Morgan fingerprint density at radius 3 is 2.78 bits per heavy atom. The first-order valence-corrected chi connectivity index (χ1v) is 8.27. The summed E-state index contributed by atoms with van der Waals surface area (Å²) in [5.41, 5.74) is 5.94. The molecule has 0 spiro atoms. The minimum absolute atomic E-state index is 0.203. The first-order valence-electron chi connectivity index (χ1n) is 7.11. The molecule has 1 aliphatic heterocycles. The molecule has 0 aliphatic carbocycles. The van der Waals surface area contributed by atoms with Crippen molar-refractivity contribution in [1.29, 1.82) is 0 Å². The van der Waals surface area contributed by atoms with Gasteiger partial charge in [0.25, 0.3) is 0 Å². The molecule has 1 heterocycles. The van der Waals surface area contributed by atoms with Crippen molar-refractivity contribution in [2.45, 2.75) is 46.1 Å². The van der Waals surface area contributed by atoms with E-state index in [-0.39, 0.29) is 6.04 Å². The van der Waals surface area contributed by atoms with Gasteiger partial charge in [-0.2, -0.15) is 11.8 Å². The van der Waals surface area contributed by atoms with Crippen molar-refractivity contribution >= 4 is 17.7 Å². The van der Waals surface area contributed by atoms with Crippen molar-refractivity contribution in [3.63, 3.8) is 0 Å². The highest BCUT2D eigenvalue weighted by molar-refractivity contribution is 7.99. The van der Waals surface area contributed by atoms with E-state index >= 15 is 0 Å². The Kier molecular flexibility index (Phi) is 7.08. The van der Waals surface area contributed by atoms with Crippen LogP contribution in [0.1, 0.15) is 40.0 Å². The maximum Gasteiger partial charge on any atom is 0.232 e. The van der Waals surface area contributed by atoms with E-state index in [9.17, 15) is 4.79 Å². The second-order valence-corrected chi connectivity index (χ2v) is 6.94. The second kappa shape index (κ2) is 8.05. The Labute approximate surface area is 116 Å². The summed E-state index contributed by atoms with van der Waals surface area (Å²) in [7, 11) is 0. The monoisotopic (exact) mass is 272 g/mol. The summed E-state index contributed by atoms with van der Waals surface area (Å²) in [6.45, 7) is 8.28. The molecule has 0 saturated carbocycles. The fourth-order valence-electron chi connectivity index (χ4n) is 2.24. The van der Waals surface area contributed by atoms with Crippen LogP contribution in [0.4, 0.5) is 0 Å². The van der Waals surface area contributed by atoms with Gasteiger partial charge >= 0.3 is 0 Å². The average molecular weight is 272 g/mol. The number of piperidine rings is 1. The zero-order chi connectivity index (χ0) is 13.5. The zero-order valence-corrected chi connectivity index (χ0v) is 12.8. The van der Waals surface area contributed by atoms with Gasteiger partial charge in [0.2, 0.25) is 5.91 Å². The number of likely N-dealkylation sites (tertiary alicyclic amines) is 1. The molecule has 18 heavy (non-hydrogen) atoms. The molecular formula is C14H28N2OS. The lowest BCUT2D eigenvalue weighted by atomic mass is 9.92. The van der Waals surface area contributed by atoms with E-state index in [1.807, 2.05) is 4.90 Å². The molecule has 0 aromatic heterocycles. The van der Waals surface area contributed by atoms with Crippen molar-refractivity contribution in [2.24, 2.45) is 17.6 Å². The topological polar surface area (TPSA) is 46.3 Å². The van der Waals surface area contributed by atoms with E-state index in [1.165, 1.54) is 12.8 Å². The number of nitrogens with zero attached hydrogens (tertiary/aromatic N) is 1. The maximum atomic E-state index is 12.1. The normalized spacial score (nSPS) is 22.3. The standard InChI is InChI=1S/C14H28N2OS/c1-11(2)6-8-18-10-14(17)16-7-4-5-13(9-16)12(3)15/h11-13H,4-10,15H2,1-3H3. The number of hydrogen-bond donors (Lipinski definition) is 1. The second-order valence-electron chi connectivity index (χ2n) is 5.84. The highest BCUT2D eigenvalue weighted by atomic mass is 32.2. The summed E-state index contributed by atoms with van der Waals surface area (Å²) in [5.74, 6) is 3.24. The molecule has 0 aromatic rings. The molecule has 2 unspecified atom stereocenters. The van der Waals surface area contributed by atoms with Gasteiger partial charge in [-0.3, -0.25) is 4.79 Å². The van der Waals surface area contributed by atoms with Gasteiger partial charge in [0, 0.05) is 19.1 Å². The van der Waals surface area contributed by atoms with Crippen LogP contribution in [-0.2, 0) is 4.79 Å². The van der Waals surface area contributed by atoms with Crippen LogP contribution in [-0.4, -0.2) is 41.4 Å². The first kappa shape index (κ1) is 15.8. The molecule has 2 N–H and O–H groups in total. The van der Waals surface area contributed by atoms with E-state index in [2.05, 4.69) is 20.8 Å². The molecule has 1 rings (SSSR count). The number of carbonyl (C=O) groups is 1. The van der Waals surface area contributed by atoms with Gasteiger partial charge in [-0.25, -0.2) is 0 Å². The zero-order valence-electron chi connectivity index (χ0n) is 12.0. The summed E-state index contributed by atoms with van der Waals surface area (Å²) >= 11 is 1.77. The molecule has 2 atom stereocenters. The number of hydrogen-bond acceptors (Lipinski definition) is 3. The van der Waals surface area contributed by atoms with Crippen molar-refractivity contribution in [2.75, 3.05) is 24.6 Å². The molecule has 0 aromatic carbocycles. The van der Waals surface area contributed by atoms with Crippen LogP contribution in [0.15, 0.2) is 0 Å². The molecule has 1 aliphatic rings. The fourth-order valence-corrected chi connectivity index (χ4v) is 3.38. The SMILES string of the molecule is CC(C)CCSCC(=O)N1CCCC(C(C)N)C1. The van der Waals surface area contributed by atoms with Gasteiger partial charge < -0.3 is 10.6 Å². The molecule has 1 amide bonds. The quantitative estimate of drug-likeness (QED) is 0.755. The smallest absolute Gasteiger partial charge is 0.232 e. The molecule has 1 fully saturated rings. The van der Waals surface area contributed by atoms with E-state index < -0.39 is 0 Å². The fraction of sp³-hybridized carbons (Fsp3) is 0.929. The Hall–Kier alpha value is -0.220. The summed E-state index contributed by atoms with van der Waals surface area (Å²) in [5, 5.41) is 0. The van der Waals surface area contributed by atoms with Gasteiger partial charge in [-0.15, -0.1) is 0 Å². The summed E-state index contributed by atoms with van der Waals surface area (Å²) in [6.07, 6.45) is 3.47. The van der Waals surface area contributed by atoms with Gasteiger partial charge in [0.1, 0.15) is 0 Å². The molecule has 1 saturated heterocycles. The van der Waals surface area contributed by atoms with E-state index in [0.29, 0.717) is 17.6 Å². The minimum atomic E-state index is 0.203. The molecule has 0 radical (unpaired) electrons. The summed E-state index contributed by atoms with van der Waals surface area (Å²) < 4.78 is 0. The highest BCUT2D eigenvalue weighted by Crippen LogP contribution is 2.20. The Morgan fingerprint density at radius 1 is 1.44 bits per heavy atom. The number of rotatable bonds is 6. The van der Waals surface area contributed by atoms with Crippen molar-refractivity contribution in [1.82, 2.24) is 4.90 Å². The summed E-state index contributed by atoms with van der Waals surface area (Å²) in [6, 6.07) is 0.203. The lowest BCUT2D eigenvalue weighted by Crippen LogP contribution is -2.45. The van der Waals surface area contributed by atoms with E-state index in [4.69, 9.17) is 5.73 Å². The van der Waals surface area contributed by atoms with Gasteiger partial charge in [0.05, 0.1) is 5.75 Å². The molecule has 4 heteroatoms.